The summed E-state index contributed by atoms with van der Waals surface area (Å²) in [6.45, 7) is 5.23. The monoisotopic (exact) mass is 466 g/mol. The lowest BCUT2D eigenvalue weighted by molar-refractivity contribution is 0.102. The van der Waals surface area contributed by atoms with E-state index in [2.05, 4.69) is 23.9 Å². The van der Waals surface area contributed by atoms with Crippen LogP contribution in [0.4, 0.5) is 5.69 Å². The van der Waals surface area contributed by atoms with Crippen LogP contribution in [0.25, 0.3) is 0 Å². The van der Waals surface area contributed by atoms with Crippen molar-refractivity contribution in [3.63, 3.8) is 0 Å². The standard InChI is InChI=1S/C26H30N2O4S/c1-20(2)17-19-32-24-12-8-22(9-13-24)26(29)28-23-10-14-25(15-11-23)33(30,31)27-18-16-21-6-4-3-5-7-21/h3-15,20,27H,16-19H2,1-2H3,(H,28,29). The molecule has 0 fully saturated rings. The maximum Gasteiger partial charge on any atom is 0.255 e. The Balaban J connectivity index is 1.52. The van der Waals surface area contributed by atoms with E-state index in [1.54, 1.807) is 36.4 Å². The first-order valence-electron chi connectivity index (χ1n) is 11.0. The van der Waals surface area contributed by atoms with Gasteiger partial charge in [0.2, 0.25) is 10.0 Å². The van der Waals surface area contributed by atoms with E-state index in [-0.39, 0.29) is 10.8 Å². The highest BCUT2D eigenvalue weighted by Crippen LogP contribution is 2.17. The van der Waals surface area contributed by atoms with Crippen LogP contribution in [0.2, 0.25) is 0 Å². The average molecular weight is 467 g/mol. The van der Waals surface area contributed by atoms with Crippen LogP contribution in [0.15, 0.2) is 83.8 Å². The summed E-state index contributed by atoms with van der Waals surface area (Å²) >= 11 is 0. The Labute approximate surface area is 196 Å². The van der Waals surface area contributed by atoms with Crippen LogP contribution in [0, 0.1) is 5.92 Å². The van der Waals surface area contributed by atoms with Gasteiger partial charge in [-0.2, -0.15) is 0 Å². The number of amides is 1. The quantitative estimate of drug-likeness (QED) is 0.422. The van der Waals surface area contributed by atoms with E-state index in [1.807, 2.05) is 30.3 Å². The van der Waals surface area contributed by atoms with Gasteiger partial charge in [-0.3, -0.25) is 4.79 Å². The molecular weight excluding hydrogens is 436 g/mol. The lowest BCUT2D eigenvalue weighted by Gasteiger charge is -2.10. The van der Waals surface area contributed by atoms with Gasteiger partial charge in [0.1, 0.15) is 5.75 Å². The molecule has 0 aliphatic rings. The zero-order valence-corrected chi connectivity index (χ0v) is 19.8. The molecule has 0 spiro atoms. The highest BCUT2D eigenvalue weighted by molar-refractivity contribution is 7.89. The van der Waals surface area contributed by atoms with Crippen molar-refractivity contribution in [3.05, 3.63) is 90.0 Å². The number of hydrogen-bond acceptors (Lipinski definition) is 4. The fraction of sp³-hybridized carbons (Fsp3) is 0.269. The van der Waals surface area contributed by atoms with Crippen LogP contribution >= 0.6 is 0 Å². The number of ether oxygens (including phenoxy) is 1. The van der Waals surface area contributed by atoms with Crippen molar-refractivity contribution < 1.29 is 17.9 Å². The molecule has 3 rings (SSSR count). The molecule has 0 heterocycles. The molecule has 0 saturated carbocycles. The predicted octanol–water partition coefficient (Wildman–Crippen LogP) is 4.88. The molecule has 0 aliphatic carbocycles. The van der Waals surface area contributed by atoms with Gasteiger partial charge in [-0.1, -0.05) is 44.2 Å². The Morgan fingerprint density at radius 3 is 2.21 bits per heavy atom. The van der Waals surface area contributed by atoms with Crippen molar-refractivity contribution in [3.8, 4) is 5.75 Å². The van der Waals surface area contributed by atoms with Crippen LogP contribution in [0.1, 0.15) is 36.2 Å². The van der Waals surface area contributed by atoms with Crippen molar-refractivity contribution in [1.29, 1.82) is 0 Å². The normalized spacial score (nSPS) is 11.4. The zero-order chi connectivity index (χ0) is 23.7. The third-order valence-corrected chi connectivity index (χ3v) is 6.53. The minimum Gasteiger partial charge on any atom is -0.494 e. The molecule has 6 nitrogen and oxygen atoms in total. The molecule has 0 atom stereocenters. The van der Waals surface area contributed by atoms with Gasteiger partial charge in [-0.15, -0.1) is 0 Å². The lowest BCUT2D eigenvalue weighted by Crippen LogP contribution is -2.26. The number of anilines is 1. The van der Waals surface area contributed by atoms with Gasteiger partial charge >= 0.3 is 0 Å². The van der Waals surface area contributed by atoms with Gasteiger partial charge in [-0.05, 0) is 72.9 Å². The highest BCUT2D eigenvalue weighted by atomic mass is 32.2. The van der Waals surface area contributed by atoms with E-state index >= 15 is 0 Å². The minimum absolute atomic E-state index is 0.149. The van der Waals surface area contributed by atoms with Crippen molar-refractivity contribution in [1.82, 2.24) is 4.72 Å². The van der Waals surface area contributed by atoms with Crippen LogP contribution in [-0.4, -0.2) is 27.5 Å². The molecule has 0 unspecified atom stereocenters. The molecule has 1 amide bonds. The number of carbonyl (C=O) groups is 1. The molecule has 0 aromatic heterocycles. The fourth-order valence-corrected chi connectivity index (χ4v) is 4.13. The number of hydrogen-bond donors (Lipinski definition) is 2. The van der Waals surface area contributed by atoms with E-state index in [4.69, 9.17) is 4.74 Å². The zero-order valence-electron chi connectivity index (χ0n) is 19.0. The first kappa shape index (κ1) is 24.5. The van der Waals surface area contributed by atoms with Gasteiger partial charge in [0.15, 0.2) is 0 Å². The van der Waals surface area contributed by atoms with Crippen LogP contribution < -0.4 is 14.8 Å². The first-order valence-corrected chi connectivity index (χ1v) is 12.5. The summed E-state index contributed by atoms with van der Waals surface area (Å²) in [5.41, 5.74) is 2.07. The second-order valence-electron chi connectivity index (χ2n) is 8.17. The highest BCUT2D eigenvalue weighted by Gasteiger charge is 2.14. The molecular formula is C26H30N2O4S. The summed E-state index contributed by atoms with van der Waals surface area (Å²) in [6.07, 6.45) is 1.58. The second kappa shape index (κ2) is 11.6. The Morgan fingerprint density at radius 2 is 1.58 bits per heavy atom. The fourth-order valence-electron chi connectivity index (χ4n) is 3.09. The topological polar surface area (TPSA) is 84.5 Å². The Hall–Kier alpha value is -3.16. The second-order valence-corrected chi connectivity index (χ2v) is 9.93. The van der Waals surface area contributed by atoms with Gasteiger partial charge in [-0.25, -0.2) is 13.1 Å². The van der Waals surface area contributed by atoms with E-state index in [1.165, 1.54) is 12.1 Å². The van der Waals surface area contributed by atoms with Gasteiger partial charge < -0.3 is 10.1 Å². The smallest absolute Gasteiger partial charge is 0.255 e. The number of benzene rings is 3. The van der Waals surface area contributed by atoms with Gasteiger partial charge in [0.25, 0.3) is 5.91 Å². The first-order chi connectivity index (χ1) is 15.8. The Morgan fingerprint density at radius 1 is 0.909 bits per heavy atom. The molecule has 0 saturated heterocycles. The summed E-state index contributed by atoms with van der Waals surface area (Å²) in [4.78, 5) is 12.7. The maximum atomic E-state index is 12.5. The summed E-state index contributed by atoms with van der Waals surface area (Å²) in [5, 5.41) is 2.78. The van der Waals surface area contributed by atoms with Crippen LogP contribution in [-0.2, 0) is 16.4 Å². The van der Waals surface area contributed by atoms with Crippen LogP contribution in [0.3, 0.4) is 0 Å². The molecule has 0 aliphatic heterocycles. The molecule has 174 valence electrons. The minimum atomic E-state index is -3.62. The van der Waals surface area contributed by atoms with Gasteiger partial charge in [0.05, 0.1) is 11.5 Å². The van der Waals surface area contributed by atoms with Crippen molar-refractivity contribution in [2.24, 2.45) is 5.92 Å². The van der Waals surface area contributed by atoms with Crippen molar-refractivity contribution >= 4 is 21.6 Å². The van der Waals surface area contributed by atoms with Crippen molar-refractivity contribution in [2.75, 3.05) is 18.5 Å². The molecule has 33 heavy (non-hydrogen) atoms. The summed E-state index contributed by atoms with van der Waals surface area (Å²) in [7, 11) is -3.62. The van der Waals surface area contributed by atoms with E-state index in [9.17, 15) is 13.2 Å². The maximum absolute atomic E-state index is 12.5. The van der Waals surface area contributed by atoms with E-state index in [0.717, 1.165) is 17.7 Å². The Bertz CT molecular complexity index is 1130. The average Bonchev–Trinajstić information content (AvgIpc) is 2.80. The summed E-state index contributed by atoms with van der Waals surface area (Å²) in [5.74, 6) is 1.02. The number of rotatable bonds is 11. The molecule has 0 radical (unpaired) electrons. The predicted molar refractivity (Wildman–Crippen MR) is 131 cm³/mol. The number of sulfonamides is 1. The summed E-state index contributed by atoms with van der Waals surface area (Å²) < 4.78 is 33.3. The number of carbonyl (C=O) groups excluding carboxylic acids is 1. The Kier molecular flexibility index (Phi) is 8.63. The van der Waals surface area contributed by atoms with E-state index < -0.39 is 10.0 Å². The molecule has 3 aromatic carbocycles. The number of nitrogens with one attached hydrogen (secondary N) is 2. The van der Waals surface area contributed by atoms with Gasteiger partial charge in [0, 0.05) is 17.8 Å². The third kappa shape index (κ3) is 7.73. The van der Waals surface area contributed by atoms with Crippen molar-refractivity contribution in [2.45, 2.75) is 31.6 Å². The third-order valence-electron chi connectivity index (χ3n) is 5.05. The molecule has 3 aromatic rings. The SMILES string of the molecule is CC(C)CCOc1ccc(C(=O)Nc2ccc(S(=O)(=O)NCCc3ccccc3)cc2)cc1. The molecule has 2 N–H and O–H groups in total. The largest absolute Gasteiger partial charge is 0.494 e. The lowest BCUT2D eigenvalue weighted by atomic mass is 10.1. The van der Waals surface area contributed by atoms with E-state index in [0.29, 0.717) is 36.7 Å². The summed E-state index contributed by atoms with van der Waals surface area (Å²) in [6, 6.07) is 22.7. The molecule has 7 heteroatoms. The molecule has 0 bridgehead atoms. The van der Waals surface area contributed by atoms with Crippen LogP contribution in [0.5, 0.6) is 5.75 Å².